The Bertz CT molecular complexity index is 1360. The first-order chi connectivity index (χ1) is 19.5. The Kier molecular flexibility index (Phi) is 8.70. The minimum Gasteiger partial charge on any atom is -0.367 e. The molecule has 228 valence electrons. The van der Waals surface area contributed by atoms with Gasteiger partial charge in [0.25, 0.3) is 0 Å². The molecule has 0 radical (unpaired) electrons. The van der Waals surface area contributed by atoms with Crippen molar-refractivity contribution in [1.82, 2.24) is 15.1 Å². The molecule has 2 saturated heterocycles. The number of piperidine rings is 1. The van der Waals surface area contributed by atoms with Gasteiger partial charge < -0.3 is 30.3 Å². The van der Waals surface area contributed by atoms with E-state index in [-0.39, 0.29) is 49.5 Å². The van der Waals surface area contributed by atoms with E-state index < -0.39 is 28.5 Å². The Labute approximate surface area is 246 Å². The lowest BCUT2D eigenvalue weighted by atomic mass is 9.90. The van der Waals surface area contributed by atoms with Gasteiger partial charge in [0, 0.05) is 56.6 Å². The van der Waals surface area contributed by atoms with Crippen LogP contribution in [0.15, 0.2) is 48.7 Å². The first-order valence-electron chi connectivity index (χ1n) is 14.1. The first-order valence-corrected chi connectivity index (χ1v) is 14.1. The third kappa shape index (κ3) is 6.74. The fourth-order valence-electron chi connectivity index (χ4n) is 6.34. The van der Waals surface area contributed by atoms with Crippen molar-refractivity contribution < 1.29 is 34.0 Å². The highest BCUT2D eigenvalue weighted by atomic mass is 19.1. The molecule has 42 heavy (non-hydrogen) atoms. The summed E-state index contributed by atoms with van der Waals surface area (Å²) in [4.78, 5) is 27.1. The number of amides is 2. The Balaban J connectivity index is 1.60. The predicted octanol–water partition coefficient (Wildman–Crippen LogP) is 2.97. The number of hydrogen-bond acceptors (Lipinski definition) is 7. The monoisotopic (exact) mass is 583 g/mol. The number of rotatable bonds is 9. The third-order valence-electron chi connectivity index (χ3n) is 8.01. The summed E-state index contributed by atoms with van der Waals surface area (Å²) in [6.45, 7) is 14.8. The summed E-state index contributed by atoms with van der Waals surface area (Å²) in [5.74, 6) is -3.57. The van der Waals surface area contributed by atoms with Gasteiger partial charge in [0.2, 0.25) is 12.3 Å². The summed E-state index contributed by atoms with van der Waals surface area (Å²) in [6.07, 6.45) is 0.0786. The van der Waals surface area contributed by atoms with Crippen LogP contribution in [0.5, 0.6) is 0 Å². The van der Waals surface area contributed by atoms with E-state index in [1.165, 1.54) is 6.07 Å². The van der Waals surface area contributed by atoms with Crippen LogP contribution in [-0.2, 0) is 39.6 Å². The van der Waals surface area contributed by atoms with Gasteiger partial charge in [0.15, 0.2) is 11.5 Å². The van der Waals surface area contributed by atoms with Gasteiger partial charge in [-0.25, -0.2) is 4.39 Å². The van der Waals surface area contributed by atoms with Gasteiger partial charge in [-0.2, -0.15) is 0 Å². The number of aliphatic hydroxyl groups is 3. The fourth-order valence-corrected chi connectivity index (χ4v) is 6.34. The Morgan fingerprint density at radius 2 is 1.74 bits per heavy atom. The molecule has 2 amide bonds. The van der Waals surface area contributed by atoms with Gasteiger partial charge in [-0.3, -0.25) is 14.5 Å². The summed E-state index contributed by atoms with van der Waals surface area (Å²) in [5, 5.41) is 36.3. The van der Waals surface area contributed by atoms with Crippen molar-refractivity contribution in [2.24, 2.45) is 0 Å². The molecule has 2 fully saturated rings. The van der Waals surface area contributed by atoms with Crippen LogP contribution in [0.25, 0.3) is 0 Å². The molecule has 2 aromatic rings. The number of hydrogen-bond donors (Lipinski definition) is 4. The molecule has 9 nitrogen and oxygen atoms in total. The van der Waals surface area contributed by atoms with Crippen molar-refractivity contribution in [2.45, 2.75) is 89.7 Å². The number of halogens is 1. The van der Waals surface area contributed by atoms with Crippen molar-refractivity contribution in [3.63, 3.8) is 0 Å². The highest BCUT2D eigenvalue weighted by molar-refractivity contribution is 5.80. The molecule has 0 saturated carbocycles. The van der Waals surface area contributed by atoms with Crippen molar-refractivity contribution in [3.8, 4) is 0 Å². The summed E-state index contributed by atoms with van der Waals surface area (Å²) >= 11 is 0. The van der Waals surface area contributed by atoms with Crippen molar-refractivity contribution >= 4 is 12.3 Å². The lowest BCUT2D eigenvalue weighted by molar-refractivity contribution is -0.182. The van der Waals surface area contributed by atoms with Crippen molar-refractivity contribution in [1.29, 1.82) is 0 Å². The maximum atomic E-state index is 15.9. The molecule has 4 rings (SSSR count). The molecule has 2 aliphatic rings. The lowest BCUT2D eigenvalue weighted by Gasteiger charge is -2.47. The molecule has 2 aliphatic heterocycles. The Hall–Kier alpha value is -3.15. The highest BCUT2D eigenvalue weighted by Gasteiger charge is 2.42. The van der Waals surface area contributed by atoms with Crippen LogP contribution < -0.4 is 5.32 Å². The standard InChI is InChI=1S/C32H42FN3O6/c1-21-9-7-10-23(25(21)17-36(20-37)31(39)14-13-27(38)34-22(31)2)15-32(40,41)26-12-8-11-24(28(26)33)16-35-18-29(3,4)42-30(5,6)19-35/h7-12,20,39-41H,2,13-19H2,1,3-6H3,(H,34,38). The van der Waals surface area contributed by atoms with Crippen LogP contribution in [0.3, 0.4) is 0 Å². The largest absolute Gasteiger partial charge is 0.367 e. The maximum absolute atomic E-state index is 15.9. The molecule has 0 spiro atoms. The third-order valence-corrected chi connectivity index (χ3v) is 8.01. The quantitative estimate of drug-likeness (QED) is 0.265. The normalized spacial score (nSPS) is 22.5. The average Bonchev–Trinajstić information content (AvgIpc) is 2.85. The van der Waals surface area contributed by atoms with E-state index in [2.05, 4.69) is 16.8 Å². The van der Waals surface area contributed by atoms with E-state index in [0.29, 0.717) is 36.2 Å². The summed E-state index contributed by atoms with van der Waals surface area (Å²) < 4.78 is 22.0. The molecule has 10 heteroatoms. The van der Waals surface area contributed by atoms with E-state index >= 15 is 4.39 Å². The van der Waals surface area contributed by atoms with Gasteiger partial charge in [0.1, 0.15) is 5.82 Å². The molecular formula is C32H42FN3O6. The molecule has 2 heterocycles. The van der Waals surface area contributed by atoms with Crippen LogP contribution in [0.4, 0.5) is 4.39 Å². The SMILES string of the molecule is C=C1NC(=O)CCC1(O)N(C=O)Cc1c(C)cccc1CC(O)(O)c1cccc(CN2CC(C)(C)OC(C)(C)C2)c1F. The van der Waals surface area contributed by atoms with E-state index in [0.717, 1.165) is 10.5 Å². The van der Waals surface area contributed by atoms with Gasteiger partial charge in [-0.1, -0.05) is 43.0 Å². The second-order valence-electron chi connectivity index (χ2n) is 12.8. The second kappa shape index (κ2) is 11.5. The first kappa shape index (κ1) is 31.8. The van der Waals surface area contributed by atoms with E-state index in [1.54, 1.807) is 37.3 Å². The number of carbonyl (C=O) groups is 2. The van der Waals surface area contributed by atoms with Gasteiger partial charge in [-0.05, 0) is 51.3 Å². The minimum atomic E-state index is -2.57. The lowest BCUT2D eigenvalue weighted by Crippen LogP contribution is -2.56. The number of ether oxygens (including phenoxy) is 1. The van der Waals surface area contributed by atoms with Gasteiger partial charge >= 0.3 is 0 Å². The summed E-state index contributed by atoms with van der Waals surface area (Å²) in [7, 11) is 0. The molecule has 0 bridgehead atoms. The predicted molar refractivity (Wildman–Crippen MR) is 155 cm³/mol. The molecule has 1 atom stereocenters. The topological polar surface area (TPSA) is 123 Å². The van der Waals surface area contributed by atoms with Crippen LogP contribution in [0.1, 0.15) is 68.4 Å². The van der Waals surface area contributed by atoms with Crippen LogP contribution in [-0.4, -0.2) is 67.5 Å². The van der Waals surface area contributed by atoms with E-state index in [1.807, 2.05) is 27.7 Å². The van der Waals surface area contributed by atoms with E-state index in [9.17, 15) is 24.9 Å². The minimum absolute atomic E-state index is 0.00590. The zero-order valence-electron chi connectivity index (χ0n) is 25.0. The summed E-state index contributed by atoms with van der Waals surface area (Å²) in [6, 6.07) is 9.81. The number of nitrogens with one attached hydrogen (secondary N) is 1. The zero-order chi connectivity index (χ0) is 31.1. The number of nitrogens with zero attached hydrogens (tertiary/aromatic N) is 2. The van der Waals surface area contributed by atoms with Crippen LogP contribution in [0, 0.1) is 12.7 Å². The number of morpholine rings is 1. The van der Waals surface area contributed by atoms with Crippen molar-refractivity contribution in [3.05, 3.63) is 82.3 Å². The Morgan fingerprint density at radius 1 is 1.12 bits per heavy atom. The molecule has 0 aromatic heterocycles. The smallest absolute Gasteiger partial charge is 0.224 e. The van der Waals surface area contributed by atoms with Gasteiger partial charge in [-0.15, -0.1) is 0 Å². The highest BCUT2D eigenvalue weighted by Crippen LogP contribution is 2.34. The molecule has 4 N–H and O–H groups in total. The van der Waals surface area contributed by atoms with Crippen LogP contribution in [0.2, 0.25) is 0 Å². The summed E-state index contributed by atoms with van der Waals surface area (Å²) in [5.41, 5.74) is -0.832. The average molecular weight is 584 g/mol. The number of benzene rings is 2. The molecule has 1 unspecified atom stereocenters. The Morgan fingerprint density at radius 3 is 2.36 bits per heavy atom. The number of carbonyl (C=O) groups excluding carboxylic acids is 2. The maximum Gasteiger partial charge on any atom is 0.224 e. The fraction of sp³-hybridized carbons (Fsp3) is 0.500. The molecular weight excluding hydrogens is 541 g/mol. The zero-order valence-corrected chi connectivity index (χ0v) is 25.0. The van der Waals surface area contributed by atoms with Gasteiger partial charge in [0.05, 0.1) is 16.9 Å². The number of aryl methyl sites for hydroxylation is 1. The van der Waals surface area contributed by atoms with Crippen molar-refractivity contribution in [2.75, 3.05) is 13.1 Å². The molecule has 0 aliphatic carbocycles. The van der Waals surface area contributed by atoms with E-state index in [4.69, 9.17) is 4.74 Å². The van der Waals surface area contributed by atoms with Crippen LogP contribution >= 0.6 is 0 Å². The molecule has 2 aromatic carbocycles. The second-order valence-corrected chi connectivity index (χ2v) is 12.8.